The van der Waals surface area contributed by atoms with E-state index in [9.17, 15) is 4.79 Å². The molecule has 0 aliphatic heterocycles. The molecule has 0 atom stereocenters. The third kappa shape index (κ3) is 4.03. The highest BCUT2D eigenvalue weighted by molar-refractivity contribution is 7.07. The monoisotopic (exact) mass is 279 g/mol. The number of ether oxygens (including phenoxy) is 1. The maximum Gasteiger partial charge on any atom is 0.304 e. The number of aromatic amines is 1. The highest BCUT2D eigenvalue weighted by Crippen LogP contribution is 2.23. The lowest BCUT2D eigenvalue weighted by Gasteiger charge is -2.13. The molecule has 0 unspecified atom stereocenters. The molecule has 0 fully saturated rings. The molecule has 0 spiro atoms. The predicted octanol–water partition coefficient (Wildman–Crippen LogP) is 2.42. The van der Waals surface area contributed by atoms with Gasteiger partial charge in [0.2, 0.25) is 0 Å². The first-order valence-electron chi connectivity index (χ1n) is 6.00. The van der Waals surface area contributed by atoms with Crippen LogP contribution in [0.25, 0.3) is 0 Å². The maximum atomic E-state index is 11.0. The second kappa shape index (κ2) is 5.79. The zero-order chi connectivity index (χ0) is 13.8. The number of rotatable bonds is 5. The molecule has 0 radical (unpaired) electrons. The van der Waals surface area contributed by atoms with Gasteiger partial charge in [-0.05, 0) is 19.9 Å². The Morgan fingerprint density at radius 3 is 2.84 bits per heavy atom. The average Bonchev–Trinajstić information content (AvgIpc) is 2.71. The Hall–Kier alpha value is -1.95. The number of hydrogen-bond acceptors (Lipinski definition) is 5. The van der Waals surface area contributed by atoms with Crippen molar-refractivity contribution in [3.05, 3.63) is 38.9 Å². The Kier molecular flexibility index (Phi) is 4.11. The minimum atomic E-state index is -0.0480. The van der Waals surface area contributed by atoms with Gasteiger partial charge < -0.3 is 20.8 Å². The maximum absolute atomic E-state index is 11.0. The largest absolute Gasteiger partial charge is 0.491 e. The Bertz CT molecular complexity index is 604. The van der Waals surface area contributed by atoms with Crippen LogP contribution in [-0.2, 0) is 6.54 Å². The van der Waals surface area contributed by atoms with E-state index in [1.807, 2.05) is 26.0 Å². The van der Waals surface area contributed by atoms with Crippen molar-refractivity contribution in [2.75, 3.05) is 11.1 Å². The molecule has 1 heterocycles. The standard InChI is InChI=1S/C13H17N3O2S/c1-8(2)18-12-4-9(14)3-10(5-12)15-6-11-7-19-13(17)16-11/h3-5,7-8,15H,6,14H2,1-2H3,(H,16,17). The fourth-order valence-corrected chi connectivity index (χ4v) is 2.24. The van der Waals surface area contributed by atoms with E-state index >= 15 is 0 Å². The van der Waals surface area contributed by atoms with Crippen LogP contribution in [0.2, 0.25) is 0 Å². The van der Waals surface area contributed by atoms with E-state index in [1.54, 1.807) is 11.4 Å². The minimum Gasteiger partial charge on any atom is -0.491 e. The number of nitrogens with one attached hydrogen (secondary N) is 2. The summed E-state index contributed by atoms with van der Waals surface area (Å²) in [5.74, 6) is 0.733. The van der Waals surface area contributed by atoms with E-state index in [1.165, 1.54) is 0 Å². The van der Waals surface area contributed by atoms with Crippen LogP contribution in [-0.4, -0.2) is 11.1 Å². The molecular weight excluding hydrogens is 262 g/mol. The van der Waals surface area contributed by atoms with Gasteiger partial charge >= 0.3 is 4.87 Å². The predicted molar refractivity (Wildman–Crippen MR) is 78.9 cm³/mol. The highest BCUT2D eigenvalue weighted by Gasteiger charge is 2.03. The first-order valence-corrected chi connectivity index (χ1v) is 6.88. The first kappa shape index (κ1) is 13.5. The zero-order valence-electron chi connectivity index (χ0n) is 10.9. The molecule has 1 aromatic carbocycles. The number of nitrogens with two attached hydrogens (primary N) is 1. The van der Waals surface area contributed by atoms with Gasteiger partial charge in [0.1, 0.15) is 5.75 Å². The van der Waals surface area contributed by atoms with Gasteiger partial charge in [-0.2, -0.15) is 0 Å². The molecule has 0 saturated heterocycles. The molecular formula is C13H17N3O2S. The summed E-state index contributed by atoms with van der Waals surface area (Å²) in [6.07, 6.45) is 0.0999. The summed E-state index contributed by atoms with van der Waals surface area (Å²) < 4.78 is 5.62. The summed E-state index contributed by atoms with van der Waals surface area (Å²) in [5.41, 5.74) is 8.19. The molecule has 0 saturated carbocycles. The van der Waals surface area contributed by atoms with Crippen LogP contribution in [0.1, 0.15) is 19.5 Å². The van der Waals surface area contributed by atoms with E-state index in [0.717, 1.165) is 28.5 Å². The molecule has 2 aromatic rings. The van der Waals surface area contributed by atoms with Crippen molar-refractivity contribution < 1.29 is 4.74 Å². The van der Waals surface area contributed by atoms with Crippen molar-refractivity contribution >= 4 is 22.7 Å². The Morgan fingerprint density at radius 1 is 1.42 bits per heavy atom. The van der Waals surface area contributed by atoms with Crippen molar-refractivity contribution in [3.8, 4) is 5.75 Å². The molecule has 1 aromatic heterocycles. The normalized spacial score (nSPS) is 10.7. The lowest BCUT2D eigenvalue weighted by molar-refractivity contribution is 0.242. The van der Waals surface area contributed by atoms with Gasteiger partial charge in [-0.1, -0.05) is 11.3 Å². The number of benzene rings is 1. The van der Waals surface area contributed by atoms with Crippen molar-refractivity contribution in [2.45, 2.75) is 26.5 Å². The van der Waals surface area contributed by atoms with E-state index in [2.05, 4.69) is 10.3 Å². The number of H-pyrrole nitrogens is 1. The lowest BCUT2D eigenvalue weighted by Crippen LogP contribution is -2.07. The van der Waals surface area contributed by atoms with Crippen molar-refractivity contribution in [1.82, 2.24) is 4.98 Å². The fourth-order valence-electron chi connectivity index (χ4n) is 1.66. The van der Waals surface area contributed by atoms with E-state index in [4.69, 9.17) is 10.5 Å². The number of thiazole rings is 1. The van der Waals surface area contributed by atoms with Gasteiger partial charge in [-0.15, -0.1) is 0 Å². The summed E-state index contributed by atoms with van der Waals surface area (Å²) in [5, 5.41) is 5.00. The average molecular weight is 279 g/mol. The highest BCUT2D eigenvalue weighted by atomic mass is 32.1. The molecule has 0 amide bonds. The molecule has 6 heteroatoms. The molecule has 5 nitrogen and oxygen atoms in total. The van der Waals surface area contributed by atoms with Gasteiger partial charge in [0.15, 0.2) is 0 Å². The smallest absolute Gasteiger partial charge is 0.304 e. The van der Waals surface area contributed by atoms with Crippen molar-refractivity contribution in [2.24, 2.45) is 0 Å². The summed E-state index contributed by atoms with van der Waals surface area (Å²) in [7, 11) is 0. The minimum absolute atomic E-state index is 0.0480. The summed E-state index contributed by atoms with van der Waals surface area (Å²) in [6, 6.07) is 5.51. The summed E-state index contributed by atoms with van der Waals surface area (Å²) in [6.45, 7) is 4.47. The Labute approximate surface area is 115 Å². The molecule has 0 aliphatic rings. The SMILES string of the molecule is CC(C)Oc1cc(N)cc(NCc2csc(=O)[nH]2)c1. The van der Waals surface area contributed by atoms with Crippen molar-refractivity contribution in [1.29, 1.82) is 0 Å². The van der Waals surface area contributed by atoms with E-state index in [0.29, 0.717) is 12.2 Å². The zero-order valence-corrected chi connectivity index (χ0v) is 11.7. The molecule has 4 N–H and O–H groups in total. The summed E-state index contributed by atoms with van der Waals surface area (Å²) >= 11 is 1.15. The van der Waals surface area contributed by atoms with Gasteiger partial charge in [0, 0.05) is 34.6 Å². The van der Waals surface area contributed by atoms with Crippen LogP contribution in [0.3, 0.4) is 0 Å². The van der Waals surface area contributed by atoms with Crippen LogP contribution in [0.5, 0.6) is 5.75 Å². The van der Waals surface area contributed by atoms with Crippen LogP contribution in [0.4, 0.5) is 11.4 Å². The lowest BCUT2D eigenvalue weighted by atomic mass is 10.2. The Balaban J connectivity index is 2.07. The van der Waals surface area contributed by atoms with Crippen LogP contribution in [0, 0.1) is 0 Å². The number of hydrogen-bond donors (Lipinski definition) is 3. The molecule has 0 bridgehead atoms. The number of nitrogen functional groups attached to an aromatic ring is 1. The van der Waals surface area contributed by atoms with E-state index < -0.39 is 0 Å². The van der Waals surface area contributed by atoms with Crippen molar-refractivity contribution in [3.63, 3.8) is 0 Å². The Morgan fingerprint density at radius 2 is 2.21 bits per heavy atom. The van der Waals surface area contributed by atoms with Crippen LogP contribution < -0.4 is 20.7 Å². The fraction of sp³-hybridized carbons (Fsp3) is 0.308. The second-order valence-corrected chi connectivity index (χ2v) is 5.33. The molecule has 2 rings (SSSR count). The van der Waals surface area contributed by atoms with Crippen LogP contribution >= 0.6 is 11.3 Å². The quantitative estimate of drug-likeness (QED) is 0.734. The molecule has 0 aliphatic carbocycles. The first-order chi connectivity index (χ1) is 9.02. The second-order valence-electron chi connectivity index (χ2n) is 4.48. The van der Waals surface area contributed by atoms with Crippen LogP contribution in [0.15, 0.2) is 28.4 Å². The van der Waals surface area contributed by atoms with Gasteiger partial charge in [0.05, 0.1) is 12.6 Å². The van der Waals surface area contributed by atoms with Gasteiger partial charge in [0.25, 0.3) is 0 Å². The number of aromatic nitrogens is 1. The summed E-state index contributed by atoms with van der Waals surface area (Å²) in [4.78, 5) is 13.7. The topological polar surface area (TPSA) is 80.1 Å². The van der Waals surface area contributed by atoms with Gasteiger partial charge in [-0.25, -0.2) is 0 Å². The molecule has 19 heavy (non-hydrogen) atoms. The third-order valence-corrected chi connectivity index (χ3v) is 3.07. The third-order valence-electron chi connectivity index (χ3n) is 2.35. The molecule has 102 valence electrons. The van der Waals surface area contributed by atoms with E-state index in [-0.39, 0.29) is 11.0 Å². The number of anilines is 2. The van der Waals surface area contributed by atoms with Gasteiger partial charge in [-0.3, -0.25) is 4.79 Å².